The number of benzene rings is 1. The molecule has 0 radical (unpaired) electrons. The normalized spacial score (nSPS) is 14.0. The predicted octanol–water partition coefficient (Wildman–Crippen LogP) is 2.28. The second-order valence-corrected chi connectivity index (χ2v) is 4.19. The molecule has 4 nitrogen and oxygen atoms in total. The molecule has 0 aliphatic carbocycles. The highest BCUT2D eigenvalue weighted by Crippen LogP contribution is 2.25. The Morgan fingerprint density at radius 2 is 1.89 bits per heavy atom. The fourth-order valence-electron chi connectivity index (χ4n) is 1.77. The smallest absolute Gasteiger partial charge is 0.387 e. The Kier molecular flexibility index (Phi) is 5.69. The summed E-state index contributed by atoms with van der Waals surface area (Å²) in [5, 5.41) is 0. The van der Waals surface area contributed by atoms with Crippen LogP contribution in [0.3, 0.4) is 0 Å². The van der Waals surface area contributed by atoms with E-state index in [0.29, 0.717) is 0 Å². The Labute approximate surface area is 110 Å². The third-order valence-electron chi connectivity index (χ3n) is 2.78. The van der Waals surface area contributed by atoms with Crippen LogP contribution < -0.4 is 10.5 Å². The summed E-state index contributed by atoms with van der Waals surface area (Å²) in [6, 6.07) is 5.83. The summed E-state index contributed by atoms with van der Waals surface area (Å²) in [4.78, 5) is 11.3. The van der Waals surface area contributed by atoms with Crippen LogP contribution in [0.25, 0.3) is 0 Å². The van der Waals surface area contributed by atoms with Crippen molar-refractivity contribution < 1.29 is 23.0 Å². The number of nitrogens with two attached hydrogens (primary N) is 1. The van der Waals surface area contributed by atoms with Crippen LogP contribution in [0.4, 0.5) is 8.78 Å². The molecule has 1 aromatic rings. The first kappa shape index (κ1) is 15.4. The van der Waals surface area contributed by atoms with Crippen LogP contribution in [0.1, 0.15) is 24.8 Å². The Morgan fingerprint density at radius 1 is 1.32 bits per heavy atom. The number of alkyl halides is 2. The van der Waals surface area contributed by atoms with E-state index >= 15 is 0 Å². The molecule has 0 aromatic heterocycles. The second kappa shape index (κ2) is 7.04. The fraction of sp³-hybridized carbons (Fsp3) is 0.462. The summed E-state index contributed by atoms with van der Waals surface area (Å²) >= 11 is 0. The van der Waals surface area contributed by atoms with Crippen molar-refractivity contribution in [1.29, 1.82) is 0 Å². The lowest BCUT2D eigenvalue weighted by Gasteiger charge is -2.20. The van der Waals surface area contributed by atoms with Gasteiger partial charge in [-0.1, -0.05) is 12.1 Å². The van der Waals surface area contributed by atoms with E-state index in [1.54, 1.807) is 19.1 Å². The van der Waals surface area contributed by atoms with Crippen molar-refractivity contribution in [3.8, 4) is 5.75 Å². The first-order valence-corrected chi connectivity index (χ1v) is 5.81. The van der Waals surface area contributed by atoms with Gasteiger partial charge in [-0.05, 0) is 24.6 Å². The SMILES string of the molecule is COC(=O)CC(c1ccc(OC(F)F)cc1)C(C)N. The zero-order valence-electron chi connectivity index (χ0n) is 10.8. The quantitative estimate of drug-likeness (QED) is 0.808. The molecule has 0 saturated heterocycles. The zero-order valence-corrected chi connectivity index (χ0v) is 10.8. The highest BCUT2D eigenvalue weighted by atomic mass is 19.3. The summed E-state index contributed by atoms with van der Waals surface area (Å²) < 4.78 is 32.9. The second-order valence-electron chi connectivity index (χ2n) is 4.19. The number of carbonyl (C=O) groups excluding carboxylic acids is 1. The molecule has 2 unspecified atom stereocenters. The molecule has 0 bridgehead atoms. The summed E-state index contributed by atoms with van der Waals surface area (Å²) in [6.07, 6.45) is 0.142. The molecule has 0 aliphatic heterocycles. The van der Waals surface area contributed by atoms with Crippen molar-refractivity contribution in [3.05, 3.63) is 29.8 Å². The summed E-state index contributed by atoms with van der Waals surface area (Å²) in [5.74, 6) is -0.525. The molecule has 0 aliphatic rings. The van der Waals surface area contributed by atoms with Crippen molar-refractivity contribution >= 4 is 5.97 Å². The summed E-state index contributed by atoms with van der Waals surface area (Å²) in [7, 11) is 1.31. The molecule has 0 amide bonds. The molecular formula is C13H17F2NO3. The molecule has 0 heterocycles. The Bertz CT molecular complexity index is 407. The molecule has 2 N–H and O–H groups in total. The van der Waals surface area contributed by atoms with Gasteiger partial charge in [0.2, 0.25) is 0 Å². The molecular weight excluding hydrogens is 256 g/mol. The van der Waals surface area contributed by atoms with Gasteiger partial charge in [-0.3, -0.25) is 4.79 Å². The van der Waals surface area contributed by atoms with Crippen LogP contribution in [-0.4, -0.2) is 25.7 Å². The van der Waals surface area contributed by atoms with Gasteiger partial charge in [0, 0.05) is 12.0 Å². The van der Waals surface area contributed by atoms with Gasteiger partial charge in [0.1, 0.15) is 5.75 Å². The molecule has 1 rings (SSSR count). The topological polar surface area (TPSA) is 61.5 Å². The van der Waals surface area contributed by atoms with Gasteiger partial charge in [0.25, 0.3) is 0 Å². The Hall–Kier alpha value is -1.69. The Morgan fingerprint density at radius 3 is 2.32 bits per heavy atom. The molecule has 0 spiro atoms. The average molecular weight is 273 g/mol. The van der Waals surface area contributed by atoms with Gasteiger partial charge >= 0.3 is 12.6 Å². The van der Waals surface area contributed by atoms with Gasteiger partial charge in [-0.15, -0.1) is 0 Å². The van der Waals surface area contributed by atoms with Crippen molar-refractivity contribution in [3.63, 3.8) is 0 Å². The zero-order chi connectivity index (χ0) is 14.4. The average Bonchev–Trinajstić information content (AvgIpc) is 2.35. The minimum atomic E-state index is -2.86. The van der Waals surface area contributed by atoms with E-state index in [-0.39, 0.29) is 30.1 Å². The summed E-state index contributed by atoms with van der Waals surface area (Å²) in [6.45, 7) is -1.08. The number of hydrogen-bond donors (Lipinski definition) is 1. The standard InChI is InChI=1S/C13H17F2NO3/c1-8(16)11(7-12(17)18-2)9-3-5-10(6-4-9)19-13(14)15/h3-6,8,11,13H,7,16H2,1-2H3. The van der Waals surface area contributed by atoms with Crippen LogP contribution in [0.5, 0.6) is 5.75 Å². The molecule has 106 valence electrons. The van der Waals surface area contributed by atoms with E-state index in [4.69, 9.17) is 5.73 Å². The van der Waals surface area contributed by atoms with Crippen molar-refractivity contribution in [1.82, 2.24) is 0 Å². The van der Waals surface area contributed by atoms with E-state index in [0.717, 1.165) is 5.56 Å². The number of methoxy groups -OCH3 is 1. The Balaban J connectivity index is 2.82. The van der Waals surface area contributed by atoms with Crippen LogP contribution in [0.15, 0.2) is 24.3 Å². The highest BCUT2D eigenvalue weighted by molar-refractivity contribution is 5.70. The minimum absolute atomic E-state index is 0.0697. The molecule has 6 heteroatoms. The number of halogens is 2. The molecule has 2 atom stereocenters. The van der Waals surface area contributed by atoms with Gasteiger partial charge < -0.3 is 15.2 Å². The number of rotatable bonds is 6. The van der Waals surface area contributed by atoms with Gasteiger partial charge in [0.05, 0.1) is 13.5 Å². The largest absolute Gasteiger partial charge is 0.469 e. The predicted molar refractivity (Wildman–Crippen MR) is 66.1 cm³/mol. The lowest BCUT2D eigenvalue weighted by Crippen LogP contribution is -2.27. The number of carbonyl (C=O) groups is 1. The minimum Gasteiger partial charge on any atom is -0.469 e. The first-order valence-electron chi connectivity index (χ1n) is 5.81. The molecule has 0 fully saturated rings. The maximum absolute atomic E-state index is 12.0. The highest BCUT2D eigenvalue weighted by Gasteiger charge is 2.20. The third kappa shape index (κ3) is 4.82. The van der Waals surface area contributed by atoms with Crippen LogP contribution in [-0.2, 0) is 9.53 Å². The number of esters is 1. The van der Waals surface area contributed by atoms with E-state index in [9.17, 15) is 13.6 Å². The van der Waals surface area contributed by atoms with E-state index in [1.807, 2.05) is 0 Å². The number of ether oxygens (including phenoxy) is 2. The maximum Gasteiger partial charge on any atom is 0.387 e. The van der Waals surface area contributed by atoms with E-state index < -0.39 is 6.61 Å². The fourth-order valence-corrected chi connectivity index (χ4v) is 1.77. The molecule has 0 saturated carbocycles. The number of hydrogen-bond acceptors (Lipinski definition) is 4. The van der Waals surface area contributed by atoms with Crippen molar-refractivity contribution in [2.75, 3.05) is 7.11 Å². The lowest BCUT2D eigenvalue weighted by atomic mass is 9.90. The molecule has 19 heavy (non-hydrogen) atoms. The van der Waals surface area contributed by atoms with Gasteiger partial charge in [-0.2, -0.15) is 8.78 Å². The monoisotopic (exact) mass is 273 g/mol. The first-order chi connectivity index (χ1) is 8.93. The van der Waals surface area contributed by atoms with Crippen molar-refractivity contribution in [2.45, 2.75) is 31.9 Å². The molecule has 1 aromatic carbocycles. The maximum atomic E-state index is 12.0. The van der Waals surface area contributed by atoms with Gasteiger partial charge in [0.15, 0.2) is 0 Å². The lowest BCUT2D eigenvalue weighted by molar-refractivity contribution is -0.141. The van der Waals surface area contributed by atoms with Crippen molar-refractivity contribution in [2.24, 2.45) is 5.73 Å². The summed E-state index contributed by atoms with van der Waals surface area (Å²) in [5.41, 5.74) is 6.61. The van der Waals surface area contributed by atoms with Crippen LogP contribution in [0, 0.1) is 0 Å². The third-order valence-corrected chi connectivity index (χ3v) is 2.78. The van der Waals surface area contributed by atoms with Crippen LogP contribution >= 0.6 is 0 Å². The van der Waals surface area contributed by atoms with Crippen LogP contribution in [0.2, 0.25) is 0 Å². The van der Waals surface area contributed by atoms with E-state index in [1.165, 1.54) is 19.2 Å². The van der Waals surface area contributed by atoms with E-state index in [2.05, 4.69) is 9.47 Å². The van der Waals surface area contributed by atoms with Gasteiger partial charge in [-0.25, -0.2) is 0 Å².